The number of hydrogen-bond acceptors (Lipinski definition) is 9. The Labute approximate surface area is 217 Å². The summed E-state index contributed by atoms with van der Waals surface area (Å²) >= 11 is 6.29. The molecule has 5 rings (SSSR count). The number of aliphatic hydroxyl groups excluding tert-OH is 2. The summed E-state index contributed by atoms with van der Waals surface area (Å²) in [6.07, 6.45) is 3.35. The number of imidazole rings is 1. The smallest absolute Gasteiger partial charge is 0.336 e. The summed E-state index contributed by atoms with van der Waals surface area (Å²) in [6, 6.07) is 0. The van der Waals surface area contributed by atoms with Crippen LogP contribution in [0.4, 0.5) is 5.82 Å². The van der Waals surface area contributed by atoms with Gasteiger partial charge in [-0.15, -0.1) is 0 Å². The highest BCUT2D eigenvalue weighted by Gasteiger charge is 2.46. The monoisotopic (exact) mass is 580 g/mol. The van der Waals surface area contributed by atoms with Crippen molar-refractivity contribution < 1.29 is 38.8 Å². The highest BCUT2D eigenvalue weighted by Crippen LogP contribution is 2.52. The number of anilines is 1. The molecule has 4 heterocycles. The molecule has 37 heavy (non-hydrogen) atoms. The van der Waals surface area contributed by atoms with E-state index in [9.17, 15) is 24.2 Å². The molecule has 0 aromatic carbocycles. The molecule has 0 radical (unpaired) electrons. The van der Waals surface area contributed by atoms with Crippen molar-refractivity contribution in [2.75, 3.05) is 30.4 Å². The Morgan fingerprint density at radius 3 is 2.54 bits per heavy atom. The maximum Gasteiger partial charge on any atom is 0.336 e. The van der Waals surface area contributed by atoms with Gasteiger partial charge in [-0.2, -0.15) is 9.97 Å². The molecule has 0 amide bonds. The second-order valence-corrected chi connectivity index (χ2v) is 14.8. The maximum atomic E-state index is 12.1. The molecule has 5 atom stereocenters. The van der Waals surface area contributed by atoms with Crippen LogP contribution in [0.2, 0.25) is 5.28 Å². The molecule has 2 aromatic rings. The van der Waals surface area contributed by atoms with Crippen LogP contribution >= 0.6 is 26.7 Å². The first-order valence-corrected chi connectivity index (χ1v) is 16.2. The lowest BCUT2D eigenvalue weighted by Crippen LogP contribution is -2.37. The van der Waals surface area contributed by atoms with Gasteiger partial charge in [0, 0.05) is 19.6 Å². The van der Waals surface area contributed by atoms with Gasteiger partial charge in [-0.25, -0.2) is 10.1 Å². The molecular formula is C20H31ClN6O8P2. The lowest BCUT2D eigenvalue weighted by molar-refractivity contribution is -0.0331. The molecule has 2 aromatic heterocycles. The van der Waals surface area contributed by atoms with Crippen molar-refractivity contribution >= 4 is 43.7 Å². The summed E-state index contributed by atoms with van der Waals surface area (Å²) in [5.41, 5.74) is 1.05. The first kappa shape index (κ1) is 27.4. The van der Waals surface area contributed by atoms with E-state index in [1.807, 2.05) is 0 Å². The molecule has 3 fully saturated rings. The van der Waals surface area contributed by atoms with Crippen LogP contribution in [0, 0.1) is 5.41 Å². The summed E-state index contributed by atoms with van der Waals surface area (Å²) < 4.78 is 30.4. The molecule has 0 bridgehead atoms. The van der Waals surface area contributed by atoms with E-state index in [0.29, 0.717) is 17.0 Å². The third-order valence-corrected chi connectivity index (χ3v) is 11.4. The number of fused-ring (bicyclic) bond motifs is 1. The van der Waals surface area contributed by atoms with E-state index in [2.05, 4.69) is 24.9 Å². The number of hydrogen-bond donors (Lipinski definition) is 6. The number of rotatable bonds is 7. The number of aromatic nitrogens is 4. The van der Waals surface area contributed by atoms with Gasteiger partial charge in [-0.3, -0.25) is 13.7 Å². The molecule has 1 saturated carbocycles. The van der Waals surface area contributed by atoms with Gasteiger partial charge >= 0.3 is 7.60 Å². The second-order valence-electron chi connectivity index (χ2n) is 10.3. The predicted molar refractivity (Wildman–Crippen MR) is 133 cm³/mol. The Bertz CT molecular complexity index is 1250. The van der Waals surface area contributed by atoms with Gasteiger partial charge in [-0.1, -0.05) is 19.3 Å². The van der Waals surface area contributed by atoms with Crippen molar-refractivity contribution in [3.63, 3.8) is 0 Å². The number of ether oxygens (including phenoxy) is 1. The lowest BCUT2D eigenvalue weighted by Gasteiger charge is -2.33. The topological polar surface area (TPSA) is 203 Å². The van der Waals surface area contributed by atoms with Gasteiger partial charge in [0.05, 0.1) is 6.33 Å². The molecule has 3 aliphatic rings. The van der Waals surface area contributed by atoms with Crippen LogP contribution in [0.5, 0.6) is 0 Å². The van der Waals surface area contributed by atoms with Gasteiger partial charge in [0.1, 0.15) is 24.2 Å². The SMILES string of the molecule is O=P(O)(O)CP(=O)(O)NC[C@H]1O[C@@H](n2cnc3c(N4CCC5(CCCCC5)C4)nc(Cl)nc32)C(O)C1O. The first-order chi connectivity index (χ1) is 17.4. The van der Waals surface area contributed by atoms with Crippen LogP contribution in [0.3, 0.4) is 0 Å². The average molecular weight is 581 g/mol. The van der Waals surface area contributed by atoms with Crippen molar-refractivity contribution in [3.05, 3.63) is 11.6 Å². The Morgan fingerprint density at radius 2 is 1.84 bits per heavy atom. The van der Waals surface area contributed by atoms with E-state index in [4.69, 9.17) is 26.1 Å². The van der Waals surface area contributed by atoms with Gasteiger partial charge in [-0.05, 0) is 36.3 Å². The largest absolute Gasteiger partial charge is 0.387 e. The third-order valence-electron chi connectivity index (χ3n) is 7.55. The molecule has 206 valence electrons. The quantitative estimate of drug-likeness (QED) is 0.201. The van der Waals surface area contributed by atoms with Crippen LogP contribution in [0.25, 0.3) is 11.2 Å². The molecule has 1 spiro atoms. The molecule has 1 aliphatic carbocycles. The van der Waals surface area contributed by atoms with E-state index in [0.717, 1.165) is 19.5 Å². The summed E-state index contributed by atoms with van der Waals surface area (Å²) in [5.74, 6) is -0.669. The maximum absolute atomic E-state index is 12.1. The molecule has 17 heteroatoms. The minimum atomic E-state index is -4.76. The molecular weight excluding hydrogens is 550 g/mol. The molecule has 14 nitrogen and oxygen atoms in total. The van der Waals surface area contributed by atoms with Crippen molar-refractivity contribution in [2.45, 2.75) is 63.1 Å². The number of aliphatic hydroxyl groups is 2. The van der Waals surface area contributed by atoms with Crippen LogP contribution in [0.15, 0.2) is 6.33 Å². The first-order valence-electron chi connectivity index (χ1n) is 12.1. The number of halogens is 1. The zero-order valence-electron chi connectivity index (χ0n) is 19.9. The fraction of sp³-hybridized carbons (Fsp3) is 0.750. The number of nitrogens with one attached hydrogen (secondary N) is 1. The molecule has 2 aliphatic heterocycles. The lowest BCUT2D eigenvalue weighted by atomic mass is 9.73. The van der Waals surface area contributed by atoms with Gasteiger partial charge in [0.2, 0.25) is 5.28 Å². The number of nitrogens with zero attached hydrogens (tertiary/aromatic N) is 5. The average Bonchev–Trinajstić information content (AvgIpc) is 3.48. The predicted octanol–water partition coefficient (Wildman–Crippen LogP) is 1.17. The zero-order chi connectivity index (χ0) is 26.6. The van der Waals surface area contributed by atoms with Crippen LogP contribution in [-0.4, -0.2) is 88.3 Å². The summed E-state index contributed by atoms with van der Waals surface area (Å²) in [4.78, 5) is 43.2. The van der Waals surface area contributed by atoms with E-state index in [1.54, 1.807) is 0 Å². The van der Waals surface area contributed by atoms with Gasteiger partial charge in [0.15, 0.2) is 23.2 Å². The van der Waals surface area contributed by atoms with E-state index in [-0.39, 0.29) is 10.7 Å². The summed E-state index contributed by atoms with van der Waals surface area (Å²) in [7, 11) is -9.18. The fourth-order valence-electron chi connectivity index (χ4n) is 5.77. The Hall–Kier alpha value is -1.18. The molecule has 3 unspecified atom stereocenters. The van der Waals surface area contributed by atoms with E-state index >= 15 is 0 Å². The second kappa shape index (κ2) is 10.1. The Kier molecular flexibility index (Phi) is 7.47. The minimum Gasteiger partial charge on any atom is -0.387 e. The van der Waals surface area contributed by atoms with Crippen molar-refractivity contribution in [1.82, 2.24) is 24.6 Å². The van der Waals surface area contributed by atoms with E-state index < -0.39 is 52.1 Å². The standard InChI is InChI=1S/C20H31ClN6O8P2/c21-19-24-16(26-7-6-20(9-26)4-2-1-3-5-20)13-17(25-19)27(10-22-13)18-15(29)14(28)12(35-18)8-23-36(30,31)11-37(32,33)34/h10,12,14-15,18,28-29H,1-9,11H2,(H2,23,30,31)(H2,32,33,34)/t12-,14?,15?,18-/m1/s1. The van der Waals surface area contributed by atoms with E-state index in [1.165, 1.54) is 43.0 Å². The van der Waals surface area contributed by atoms with Gasteiger partial charge in [0.25, 0.3) is 7.52 Å². The van der Waals surface area contributed by atoms with Crippen molar-refractivity contribution in [1.29, 1.82) is 0 Å². The summed E-state index contributed by atoms with van der Waals surface area (Å²) in [5, 5.41) is 23.3. The fourth-order valence-corrected chi connectivity index (χ4v) is 8.79. The normalized spacial score (nSPS) is 29.8. The minimum absolute atomic E-state index is 0.00116. The van der Waals surface area contributed by atoms with Gasteiger partial charge < -0.3 is 34.5 Å². The highest BCUT2D eigenvalue weighted by atomic mass is 35.5. The Morgan fingerprint density at radius 1 is 1.11 bits per heavy atom. The van der Waals surface area contributed by atoms with Crippen molar-refractivity contribution in [2.24, 2.45) is 5.41 Å². The van der Waals surface area contributed by atoms with Crippen LogP contribution in [0.1, 0.15) is 44.8 Å². The molecule has 6 N–H and O–H groups in total. The molecule has 2 saturated heterocycles. The Balaban J connectivity index is 1.36. The zero-order valence-corrected chi connectivity index (χ0v) is 22.5. The van der Waals surface area contributed by atoms with Crippen molar-refractivity contribution in [3.8, 4) is 0 Å². The summed E-state index contributed by atoms with van der Waals surface area (Å²) in [6.45, 7) is 1.24. The van der Waals surface area contributed by atoms with Crippen LogP contribution < -0.4 is 9.99 Å². The third kappa shape index (κ3) is 5.74. The van der Waals surface area contributed by atoms with Crippen LogP contribution in [-0.2, 0) is 13.9 Å². The highest BCUT2D eigenvalue weighted by molar-refractivity contribution is 7.71.